The lowest BCUT2D eigenvalue weighted by Crippen LogP contribution is -2.23. The summed E-state index contributed by atoms with van der Waals surface area (Å²) in [6.07, 6.45) is 1.07. The first-order valence-electron chi connectivity index (χ1n) is 8.16. The number of H-pyrrole nitrogens is 1. The Hall–Kier alpha value is -2.59. The third-order valence-electron chi connectivity index (χ3n) is 4.32. The number of pyridine rings is 1. The van der Waals surface area contributed by atoms with E-state index in [2.05, 4.69) is 4.98 Å². The maximum absolute atomic E-state index is 12.8. The van der Waals surface area contributed by atoms with Gasteiger partial charge < -0.3 is 10.1 Å². The number of hydrogen-bond acceptors (Lipinski definition) is 2. The quantitative estimate of drug-likeness (QED) is 0.689. The number of aliphatic carboxylic acids is 1. The zero-order valence-electron chi connectivity index (χ0n) is 13.8. The topological polar surface area (TPSA) is 70.2 Å². The molecule has 0 radical (unpaired) electrons. The molecule has 4 nitrogen and oxygen atoms in total. The second kappa shape index (κ2) is 7.11. The Morgan fingerprint density at radius 1 is 1.16 bits per heavy atom. The Morgan fingerprint density at radius 2 is 1.84 bits per heavy atom. The molecule has 0 spiro atoms. The van der Waals surface area contributed by atoms with Gasteiger partial charge in [0.1, 0.15) is 0 Å². The van der Waals surface area contributed by atoms with Gasteiger partial charge in [0.25, 0.3) is 5.56 Å². The molecule has 0 fully saturated rings. The maximum Gasteiger partial charge on any atom is 0.311 e. The normalized spacial score (nSPS) is 12.2. The van der Waals surface area contributed by atoms with E-state index in [0.29, 0.717) is 34.5 Å². The van der Waals surface area contributed by atoms with Gasteiger partial charge in [0.2, 0.25) is 0 Å². The summed E-state index contributed by atoms with van der Waals surface area (Å²) in [6, 6.07) is 14.5. The van der Waals surface area contributed by atoms with Crippen molar-refractivity contribution in [3.05, 3.63) is 69.5 Å². The molecule has 0 bridgehead atoms. The summed E-state index contributed by atoms with van der Waals surface area (Å²) in [5, 5.41) is 11.1. The van der Waals surface area contributed by atoms with E-state index in [9.17, 15) is 14.7 Å². The van der Waals surface area contributed by atoms with Crippen LogP contribution in [0.25, 0.3) is 22.0 Å². The third kappa shape index (κ3) is 3.30. The van der Waals surface area contributed by atoms with Gasteiger partial charge in [0.15, 0.2) is 0 Å². The molecular formula is C20H18ClNO3. The number of carboxylic acid groups (broad SMARTS) is 1. The number of rotatable bonds is 5. The van der Waals surface area contributed by atoms with Crippen molar-refractivity contribution in [1.82, 2.24) is 4.98 Å². The lowest BCUT2D eigenvalue weighted by Gasteiger charge is -2.18. The van der Waals surface area contributed by atoms with Gasteiger partial charge in [0, 0.05) is 27.1 Å². The van der Waals surface area contributed by atoms with E-state index in [0.717, 1.165) is 10.9 Å². The number of carboxylic acids is 1. The van der Waals surface area contributed by atoms with E-state index in [1.807, 2.05) is 43.3 Å². The molecule has 3 rings (SSSR count). The zero-order valence-corrected chi connectivity index (χ0v) is 14.5. The van der Waals surface area contributed by atoms with Crippen LogP contribution < -0.4 is 5.56 Å². The zero-order chi connectivity index (χ0) is 18.0. The van der Waals surface area contributed by atoms with Gasteiger partial charge in [-0.2, -0.15) is 0 Å². The van der Waals surface area contributed by atoms with E-state index in [-0.39, 0.29) is 5.56 Å². The molecule has 0 amide bonds. The fraction of sp³-hybridized carbons (Fsp3) is 0.200. The van der Waals surface area contributed by atoms with Crippen LogP contribution in [-0.2, 0) is 4.79 Å². The van der Waals surface area contributed by atoms with Crippen LogP contribution in [0.5, 0.6) is 0 Å². The highest BCUT2D eigenvalue weighted by Gasteiger charge is 2.27. The predicted molar refractivity (Wildman–Crippen MR) is 100 cm³/mol. The van der Waals surface area contributed by atoms with E-state index >= 15 is 0 Å². The molecule has 1 heterocycles. The van der Waals surface area contributed by atoms with Crippen LogP contribution in [0.3, 0.4) is 0 Å². The standard InChI is InChI=1S/C20H18ClNO3/c1-2-5-15(20(24)25)18-17(12-8-10-13(21)11-9-12)14-6-3-4-7-16(14)22-19(18)23/h3-4,6-11,15H,2,5H2,1H3,(H,22,23)(H,24,25). The number of para-hydroxylation sites is 1. The highest BCUT2D eigenvalue weighted by atomic mass is 35.5. The molecule has 128 valence electrons. The van der Waals surface area contributed by atoms with Crippen LogP contribution in [0.2, 0.25) is 5.02 Å². The third-order valence-corrected chi connectivity index (χ3v) is 4.57. The van der Waals surface area contributed by atoms with Crippen molar-refractivity contribution in [3.63, 3.8) is 0 Å². The number of hydrogen-bond donors (Lipinski definition) is 2. The Labute approximate surface area is 150 Å². The lowest BCUT2D eigenvalue weighted by atomic mass is 9.86. The summed E-state index contributed by atoms with van der Waals surface area (Å²) in [5.41, 5.74) is 2.07. The first kappa shape index (κ1) is 17.2. The Morgan fingerprint density at radius 3 is 2.48 bits per heavy atom. The number of carbonyl (C=O) groups is 1. The summed E-state index contributed by atoms with van der Waals surface area (Å²) in [4.78, 5) is 27.4. The second-order valence-corrected chi connectivity index (χ2v) is 6.41. The molecule has 25 heavy (non-hydrogen) atoms. The van der Waals surface area contributed by atoms with E-state index < -0.39 is 11.9 Å². The Balaban J connectivity index is 2.40. The highest BCUT2D eigenvalue weighted by Crippen LogP contribution is 2.35. The molecule has 0 aliphatic heterocycles. The fourth-order valence-electron chi connectivity index (χ4n) is 3.20. The molecule has 2 N–H and O–H groups in total. The van der Waals surface area contributed by atoms with Crippen LogP contribution >= 0.6 is 11.6 Å². The van der Waals surface area contributed by atoms with Crippen LogP contribution in [0.15, 0.2) is 53.3 Å². The molecule has 0 aliphatic rings. The lowest BCUT2D eigenvalue weighted by molar-refractivity contribution is -0.139. The highest BCUT2D eigenvalue weighted by molar-refractivity contribution is 6.30. The molecule has 3 aromatic rings. The summed E-state index contributed by atoms with van der Waals surface area (Å²) in [6.45, 7) is 1.91. The number of nitrogens with one attached hydrogen (secondary N) is 1. The number of halogens is 1. The minimum absolute atomic E-state index is 0.301. The number of fused-ring (bicyclic) bond motifs is 1. The van der Waals surface area contributed by atoms with Gasteiger partial charge in [-0.1, -0.05) is 55.3 Å². The fourth-order valence-corrected chi connectivity index (χ4v) is 3.32. The minimum atomic E-state index is -0.988. The summed E-state index contributed by atoms with van der Waals surface area (Å²) in [5.74, 6) is -1.85. The molecular weight excluding hydrogens is 338 g/mol. The van der Waals surface area contributed by atoms with Gasteiger partial charge in [-0.05, 0) is 30.2 Å². The van der Waals surface area contributed by atoms with Crippen molar-refractivity contribution < 1.29 is 9.90 Å². The second-order valence-electron chi connectivity index (χ2n) is 5.97. The van der Waals surface area contributed by atoms with Gasteiger partial charge in [0.05, 0.1) is 5.92 Å². The molecule has 5 heteroatoms. The number of aromatic amines is 1. The van der Waals surface area contributed by atoms with Crippen molar-refractivity contribution in [2.45, 2.75) is 25.7 Å². The summed E-state index contributed by atoms with van der Waals surface area (Å²) in [7, 11) is 0. The Kier molecular flexibility index (Phi) is 4.91. The molecule has 1 unspecified atom stereocenters. The van der Waals surface area contributed by atoms with Gasteiger partial charge in [-0.15, -0.1) is 0 Å². The van der Waals surface area contributed by atoms with Crippen LogP contribution in [0.4, 0.5) is 0 Å². The minimum Gasteiger partial charge on any atom is -0.481 e. The van der Waals surface area contributed by atoms with Crippen molar-refractivity contribution >= 4 is 28.5 Å². The number of benzene rings is 2. The first-order chi connectivity index (χ1) is 12.0. The van der Waals surface area contributed by atoms with Gasteiger partial charge >= 0.3 is 5.97 Å². The molecule has 0 aliphatic carbocycles. The van der Waals surface area contributed by atoms with Gasteiger partial charge in [-0.25, -0.2) is 0 Å². The van der Waals surface area contributed by atoms with E-state index in [4.69, 9.17) is 11.6 Å². The molecule has 2 aromatic carbocycles. The summed E-state index contributed by atoms with van der Waals surface area (Å²) < 4.78 is 0. The average Bonchev–Trinajstić information content (AvgIpc) is 2.59. The van der Waals surface area contributed by atoms with Crippen molar-refractivity contribution in [3.8, 4) is 11.1 Å². The SMILES string of the molecule is CCCC(C(=O)O)c1c(-c2ccc(Cl)cc2)c2ccccc2[nH]c1=O. The summed E-state index contributed by atoms with van der Waals surface area (Å²) >= 11 is 5.99. The van der Waals surface area contributed by atoms with Crippen molar-refractivity contribution in [1.29, 1.82) is 0 Å². The van der Waals surface area contributed by atoms with Gasteiger partial charge in [-0.3, -0.25) is 9.59 Å². The maximum atomic E-state index is 12.8. The van der Waals surface area contributed by atoms with E-state index in [1.165, 1.54) is 0 Å². The molecule has 1 atom stereocenters. The Bertz CT molecular complexity index is 976. The van der Waals surface area contributed by atoms with Crippen molar-refractivity contribution in [2.75, 3.05) is 0 Å². The number of aromatic nitrogens is 1. The van der Waals surface area contributed by atoms with E-state index in [1.54, 1.807) is 12.1 Å². The molecule has 0 saturated heterocycles. The van der Waals surface area contributed by atoms with Crippen LogP contribution in [0, 0.1) is 0 Å². The van der Waals surface area contributed by atoms with Crippen LogP contribution in [-0.4, -0.2) is 16.1 Å². The molecule has 0 saturated carbocycles. The monoisotopic (exact) mass is 355 g/mol. The largest absolute Gasteiger partial charge is 0.481 e. The first-order valence-corrected chi connectivity index (χ1v) is 8.54. The molecule has 1 aromatic heterocycles. The van der Waals surface area contributed by atoms with Crippen molar-refractivity contribution in [2.24, 2.45) is 0 Å². The average molecular weight is 356 g/mol. The smallest absolute Gasteiger partial charge is 0.311 e. The predicted octanol–water partition coefficient (Wildman–Crippen LogP) is 4.82. The van der Waals surface area contributed by atoms with Crippen LogP contribution in [0.1, 0.15) is 31.2 Å².